The minimum absolute atomic E-state index is 0.381. The van der Waals surface area contributed by atoms with E-state index in [9.17, 15) is 8.42 Å². The first-order valence-electron chi connectivity index (χ1n) is 13.3. The van der Waals surface area contributed by atoms with E-state index in [1.165, 1.54) is 76.2 Å². The van der Waals surface area contributed by atoms with Gasteiger partial charge in [-0.1, -0.05) is 115 Å². The van der Waals surface area contributed by atoms with Crippen LogP contribution in [0.3, 0.4) is 0 Å². The Balaban J connectivity index is 1.76. The summed E-state index contributed by atoms with van der Waals surface area (Å²) < 4.78 is 35.1. The van der Waals surface area contributed by atoms with Crippen LogP contribution in [0.15, 0.2) is 24.3 Å². The summed E-state index contributed by atoms with van der Waals surface area (Å²) in [5.74, 6) is 0.824. The van der Waals surface area contributed by atoms with Crippen molar-refractivity contribution in [3.8, 4) is 11.5 Å². The monoisotopic (exact) mass is 474 g/mol. The summed E-state index contributed by atoms with van der Waals surface area (Å²) in [4.78, 5) is 0. The molecular weight excluding hydrogens is 432 g/mol. The second-order valence-corrected chi connectivity index (χ2v) is 10.6. The van der Waals surface area contributed by atoms with Gasteiger partial charge in [0.2, 0.25) is 0 Å². The van der Waals surface area contributed by atoms with Crippen molar-refractivity contribution in [1.82, 2.24) is 0 Å². The third-order valence-electron chi connectivity index (χ3n) is 6.77. The molecule has 2 aromatic carbocycles. The summed E-state index contributed by atoms with van der Waals surface area (Å²) in [6, 6.07) is 8.02. The van der Waals surface area contributed by atoms with E-state index >= 15 is 0 Å². The minimum Gasteiger partial charge on any atom is -0.348 e. The van der Waals surface area contributed by atoms with E-state index in [-0.39, 0.29) is 0 Å². The lowest BCUT2D eigenvalue weighted by molar-refractivity contribution is 0.436. The summed E-state index contributed by atoms with van der Waals surface area (Å²) in [6.45, 7) is 4.49. The molecule has 5 heteroatoms. The maximum Gasteiger partial charge on any atom is 0.501 e. The summed E-state index contributed by atoms with van der Waals surface area (Å²) >= 11 is 0. The Bertz CT molecular complexity index is 981. The average Bonchev–Trinajstić information content (AvgIpc) is 3.14. The van der Waals surface area contributed by atoms with Crippen molar-refractivity contribution in [1.29, 1.82) is 0 Å². The second-order valence-electron chi connectivity index (χ2n) is 9.48. The molecule has 1 aliphatic heterocycles. The Morgan fingerprint density at radius 3 is 1.61 bits per heavy atom. The molecular formula is C28H42O4S. The van der Waals surface area contributed by atoms with Gasteiger partial charge < -0.3 is 8.37 Å². The van der Waals surface area contributed by atoms with Crippen molar-refractivity contribution < 1.29 is 16.8 Å². The molecule has 33 heavy (non-hydrogen) atoms. The first kappa shape index (κ1) is 25.9. The molecule has 0 N–H and O–H groups in total. The normalized spacial score (nSPS) is 14.2. The van der Waals surface area contributed by atoms with Crippen molar-refractivity contribution in [3.05, 3.63) is 35.4 Å². The van der Waals surface area contributed by atoms with E-state index in [1.807, 2.05) is 18.2 Å². The van der Waals surface area contributed by atoms with Crippen molar-refractivity contribution in [2.45, 2.75) is 117 Å². The Hall–Kier alpha value is -1.75. The quantitative estimate of drug-likeness (QED) is 0.229. The first-order chi connectivity index (χ1) is 16.1. The van der Waals surface area contributed by atoms with Gasteiger partial charge in [0.1, 0.15) is 0 Å². The van der Waals surface area contributed by atoms with E-state index in [0.29, 0.717) is 11.5 Å². The van der Waals surface area contributed by atoms with E-state index in [2.05, 4.69) is 19.9 Å². The van der Waals surface area contributed by atoms with E-state index < -0.39 is 10.4 Å². The number of benzene rings is 2. The predicted molar refractivity (Wildman–Crippen MR) is 138 cm³/mol. The van der Waals surface area contributed by atoms with Crippen LogP contribution in [0.2, 0.25) is 0 Å². The molecule has 0 unspecified atom stereocenters. The van der Waals surface area contributed by atoms with Crippen molar-refractivity contribution >= 4 is 21.2 Å². The number of fused-ring (bicyclic) bond motifs is 3. The van der Waals surface area contributed by atoms with Gasteiger partial charge in [-0.25, -0.2) is 0 Å². The van der Waals surface area contributed by atoms with Gasteiger partial charge in [0.25, 0.3) is 0 Å². The lowest BCUT2D eigenvalue weighted by Gasteiger charge is -2.16. The zero-order chi connectivity index (χ0) is 23.5. The molecule has 0 fully saturated rings. The topological polar surface area (TPSA) is 52.6 Å². The molecule has 2 aromatic rings. The Kier molecular flexibility index (Phi) is 10.4. The van der Waals surface area contributed by atoms with Crippen LogP contribution in [0, 0.1) is 0 Å². The Morgan fingerprint density at radius 1 is 0.576 bits per heavy atom. The molecule has 0 amide bonds. The molecule has 0 aromatic heterocycles. The highest BCUT2D eigenvalue weighted by Crippen LogP contribution is 2.48. The SMILES string of the molecule is CCCCCCCCCc1c2c(c3ccccc3c1CCCCCCCCC)OS(=O)(=O)O2. The smallest absolute Gasteiger partial charge is 0.348 e. The van der Waals surface area contributed by atoms with Gasteiger partial charge in [0.05, 0.1) is 0 Å². The number of hydrogen-bond acceptors (Lipinski definition) is 4. The first-order valence-corrected chi connectivity index (χ1v) is 14.6. The summed E-state index contributed by atoms with van der Waals surface area (Å²) in [6.07, 6.45) is 19.2. The van der Waals surface area contributed by atoms with Crippen LogP contribution in [0.4, 0.5) is 0 Å². The largest absolute Gasteiger partial charge is 0.501 e. The molecule has 0 saturated carbocycles. The molecule has 4 nitrogen and oxygen atoms in total. The van der Waals surface area contributed by atoms with Crippen LogP contribution in [0.5, 0.6) is 11.5 Å². The molecule has 1 heterocycles. The highest BCUT2D eigenvalue weighted by molar-refractivity contribution is 7.82. The molecule has 0 saturated heterocycles. The number of hydrogen-bond donors (Lipinski definition) is 0. The van der Waals surface area contributed by atoms with Gasteiger partial charge in [-0.05, 0) is 36.6 Å². The zero-order valence-corrected chi connectivity index (χ0v) is 21.5. The van der Waals surface area contributed by atoms with Crippen molar-refractivity contribution in [2.24, 2.45) is 0 Å². The third-order valence-corrected chi connectivity index (χ3v) is 7.51. The summed E-state index contributed by atoms with van der Waals surface area (Å²) in [5.41, 5.74) is 2.30. The lowest BCUT2D eigenvalue weighted by Crippen LogP contribution is -2.08. The molecule has 0 radical (unpaired) electrons. The summed E-state index contributed by atoms with van der Waals surface area (Å²) in [5, 5.41) is 1.95. The van der Waals surface area contributed by atoms with Gasteiger partial charge in [-0.15, -0.1) is 8.42 Å². The Labute approximate surface area is 201 Å². The van der Waals surface area contributed by atoms with Crippen molar-refractivity contribution in [3.63, 3.8) is 0 Å². The standard InChI is InChI=1S/C28H42O4S/c1-3-5-7-9-11-13-15-19-23-24-20-17-18-22-26(24)28-27(31-33(29,30)32-28)25(23)21-16-14-12-10-8-6-4-2/h17-18,20,22H,3-16,19,21H2,1-2H3. The van der Waals surface area contributed by atoms with Crippen LogP contribution < -0.4 is 8.37 Å². The van der Waals surface area contributed by atoms with E-state index in [1.54, 1.807) is 0 Å². The minimum atomic E-state index is -4.02. The van der Waals surface area contributed by atoms with E-state index in [4.69, 9.17) is 8.37 Å². The zero-order valence-electron chi connectivity index (χ0n) is 20.7. The van der Waals surface area contributed by atoms with Gasteiger partial charge >= 0.3 is 10.4 Å². The highest BCUT2D eigenvalue weighted by atomic mass is 32.3. The van der Waals surface area contributed by atoms with Crippen LogP contribution in [-0.4, -0.2) is 8.42 Å². The molecule has 0 atom stereocenters. The van der Waals surface area contributed by atoms with E-state index in [0.717, 1.165) is 48.4 Å². The molecule has 0 aliphatic carbocycles. The Morgan fingerprint density at radius 2 is 1.03 bits per heavy atom. The summed E-state index contributed by atoms with van der Waals surface area (Å²) in [7, 11) is -4.02. The van der Waals surface area contributed by atoms with Gasteiger partial charge in [-0.2, -0.15) is 0 Å². The van der Waals surface area contributed by atoms with Crippen LogP contribution in [0.25, 0.3) is 10.8 Å². The highest BCUT2D eigenvalue weighted by Gasteiger charge is 2.34. The maximum absolute atomic E-state index is 12.2. The molecule has 1 aliphatic rings. The number of rotatable bonds is 16. The van der Waals surface area contributed by atoms with Gasteiger partial charge in [0.15, 0.2) is 11.5 Å². The van der Waals surface area contributed by atoms with Crippen LogP contribution in [0.1, 0.15) is 115 Å². The van der Waals surface area contributed by atoms with Gasteiger partial charge in [0, 0.05) is 10.9 Å². The molecule has 0 spiro atoms. The van der Waals surface area contributed by atoms with Crippen molar-refractivity contribution in [2.75, 3.05) is 0 Å². The number of unbranched alkanes of at least 4 members (excludes halogenated alkanes) is 12. The lowest BCUT2D eigenvalue weighted by atomic mass is 9.90. The fourth-order valence-corrected chi connectivity index (χ4v) is 5.75. The molecule has 0 bridgehead atoms. The second kappa shape index (κ2) is 13.2. The average molecular weight is 475 g/mol. The molecule has 184 valence electrons. The third kappa shape index (κ3) is 7.37. The predicted octanol–water partition coefficient (Wildman–Crippen LogP) is 8.44. The van der Waals surface area contributed by atoms with Crippen LogP contribution in [-0.2, 0) is 23.2 Å². The molecule has 3 rings (SSSR count). The fraction of sp³-hybridized carbons (Fsp3) is 0.643. The maximum atomic E-state index is 12.2. The number of aryl methyl sites for hydroxylation is 1. The fourth-order valence-electron chi connectivity index (χ4n) is 4.96. The van der Waals surface area contributed by atoms with Crippen LogP contribution >= 0.6 is 0 Å². The van der Waals surface area contributed by atoms with Gasteiger partial charge in [-0.3, -0.25) is 0 Å².